The maximum absolute atomic E-state index is 10.5. The Morgan fingerprint density at radius 2 is 0.900 bits per heavy atom. The molecule has 0 spiro atoms. The summed E-state index contributed by atoms with van der Waals surface area (Å²) in [4.78, 5) is 10.5. The number of hydrogen-bond donors (Lipinski definition) is 0. The fraction of sp³-hybridized carbons (Fsp3) is 0.962. The molecule has 0 radical (unpaired) electrons. The molecule has 4 heteroatoms. The van der Waals surface area contributed by atoms with Crippen LogP contribution in [0.3, 0.4) is 0 Å². The molecule has 0 unspecified atom stereocenters. The molecule has 0 heterocycles. The van der Waals surface area contributed by atoms with Crippen molar-refractivity contribution in [2.75, 3.05) is 39.6 Å². The summed E-state index contributed by atoms with van der Waals surface area (Å²) in [6.45, 7) is 8.17. The molecule has 4 nitrogen and oxygen atoms in total. The van der Waals surface area contributed by atoms with E-state index in [1.165, 1.54) is 89.9 Å². The maximum atomic E-state index is 10.5. The highest BCUT2D eigenvalue weighted by Gasteiger charge is 2.10. The van der Waals surface area contributed by atoms with Crippen molar-refractivity contribution in [1.29, 1.82) is 0 Å². The summed E-state index contributed by atoms with van der Waals surface area (Å²) in [5.74, 6) is 0.216. The first-order chi connectivity index (χ1) is 14.8. The van der Waals surface area contributed by atoms with E-state index >= 15 is 0 Å². The molecule has 0 aromatic heterocycles. The maximum Gasteiger partial charge on any atom is 0.145 e. The first kappa shape index (κ1) is 29.5. The van der Waals surface area contributed by atoms with Gasteiger partial charge in [0.2, 0.25) is 0 Å². The summed E-state index contributed by atoms with van der Waals surface area (Å²) in [5, 5.41) is 0. The lowest BCUT2D eigenvalue weighted by Gasteiger charge is -2.17. The molecule has 0 aliphatic rings. The van der Waals surface area contributed by atoms with Crippen LogP contribution in [0.25, 0.3) is 0 Å². The second-order valence-corrected chi connectivity index (χ2v) is 8.67. The zero-order chi connectivity index (χ0) is 22.0. The van der Waals surface area contributed by atoms with E-state index in [1.807, 2.05) is 0 Å². The van der Waals surface area contributed by atoms with Crippen molar-refractivity contribution in [2.24, 2.45) is 5.92 Å². The molecule has 0 fully saturated rings. The van der Waals surface area contributed by atoms with Gasteiger partial charge in [0.1, 0.15) is 12.9 Å². The van der Waals surface area contributed by atoms with Crippen molar-refractivity contribution in [3.63, 3.8) is 0 Å². The van der Waals surface area contributed by atoms with Crippen LogP contribution in [0.15, 0.2) is 0 Å². The van der Waals surface area contributed by atoms with Gasteiger partial charge in [-0.15, -0.1) is 0 Å². The van der Waals surface area contributed by atoms with Crippen LogP contribution in [0, 0.1) is 5.92 Å². The number of carbonyl (C=O) groups excluding carboxylic acids is 1. The third kappa shape index (κ3) is 23.8. The Morgan fingerprint density at radius 1 is 0.533 bits per heavy atom. The van der Waals surface area contributed by atoms with Crippen molar-refractivity contribution in [3.8, 4) is 0 Å². The Kier molecular flexibility index (Phi) is 26.2. The van der Waals surface area contributed by atoms with Gasteiger partial charge < -0.3 is 19.0 Å². The van der Waals surface area contributed by atoms with Crippen molar-refractivity contribution < 1.29 is 19.0 Å². The van der Waals surface area contributed by atoms with Crippen LogP contribution < -0.4 is 0 Å². The number of rotatable bonds is 26. The molecule has 0 saturated carbocycles. The van der Waals surface area contributed by atoms with Crippen molar-refractivity contribution in [1.82, 2.24) is 0 Å². The van der Waals surface area contributed by atoms with Crippen LogP contribution in [-0.2, 0) is 19.0 Å². The molecule has 0 amide bonds. The second-order valence-electron chi connectivity index (χ2n) is 8.67. The summed E-state index contributed by atoms with van der Waals surface area (Å²) >= 11 is 0. The molecular formula is C26H52O4. The fourth-order valence-corrected chi connectivity index (χ4v) is 3.60. The number of aldehydes is 1. The molecule has 0 aliphatic heterocycles. The van der Waals surface area contributed by atoms with Crippen LogP contribution in [0.1, 0.15) is 117 Å². The van der Waals surface area contributed by atoms with Crippen LogP contribution in [-0.4, -0.2) is 45.9 Å². The van der Waals surface area contributed by atoms with E-state index in [0.717, 1.165) is 32.3 Å². The first-order valence-corrected chi connectivity index (χ1v) is 13.0. The zero-order valence-corrected chi connectivity index (χ0v) is 20.3. The summed E-state index contributed by atoms with van der Waals surface area (Å²) in [6, 6.07) is 0. The van der Waals surface area contributed by atoms with E-state index in [2.05, 4.69) is 13.8 Å². The average molecular weight is 429 g/mol. The molecule has 0 bridgehead atoms. The molecule has 0 N–H and O–H groups in total. The monoisotopic (exact) mass is 428 g/mol. The Balaban J connectivity index is 3.62. The fourth-order valence-electron chi connectivity index (χ4n) is 3.60. The van der Waals surface area contributed by atoms with Gasteiger partial charge in [-0.1, -0.05) is 104 Å². The minimum Gasteiger partial charge on any atom is -0.381 e. The molecule has 0 atom stereocenters. The summed E-state index contributed by atoms with van der Waals surface area (Å²) in [6.07, 6.45) is 21.8. The van der Waals surface area contributed by atoms with E-state index in [1.54, 1.807) is 0 Å². The lowest BCUT2D eigenvalue weighted by molar-refractivity contribution is -0.113. The average Bonchev–Trinajstić information content (AvgIpc) is 2.76. The smallest absolute Gasteiger partial charge is 0.145 e. The number of unbranched alkanes of at least 4 members (excludes halogenated alkanes) is 14. The van der Waals surface area contributed by atoms with Gasteiger partial charge >= 0.3 is 0 Å². The van der Waals surface area contributed by atoms with Crippen molar-refractivity contribution in [3.05, 3.63) is 0 Å². The molecule has 0 aliphatic carbocycles. The quantitative estimate of drug-likeness (QED) is 0.109. The molecular weight excluding hydrogens is 376 g/mol. The van der Waals surface area contributed by atoms with Gasteiger partial charge in [-0.3, -0.25) is 0 Å². The minimum atomic E-state index is 0.159. The molecule has 0 saturated heterocycles. The Labute approximate surface area is 187 Å². The van der Waals surface area contributed by atoms with Gasteiger partial charge in [0.25, 0.3) is 0 Å². The molecule has 180 valence electrons. The lowest BCUT2D eigenvalue weighted by atomic mass is 10.1. The molecule has 0 aromatic carbocycles. The van der Waals surface area contributed by atoms with E-state index in [4.69, 9.17) is 14.2 Å². The van der Waals surface area contributed by atoms with Crippen molar-refractivity contribution in [2.45, 2.75) is 117 Å². The van der Waals surface area contributed by atoms with Crippen LogP contribution in [0.2, 0.25) is 0 Å². The van der Waals surface area contributed by atoms with Crippen molar-refractivity contribution >= 4 is 6.29 Å². The van der Waals surface area contributed by atoms with E-state index in [-0.39, 0.29) is 12.5 Å². The SMILES string of the molecule is CCCCCCCCCCOCC(COCC=O)COCCCCCCCCCC. The first-order valence-electron chi connectivity index (χ1n) is 13.0. The van der Waals surface area contributed by atoms with Gasteiger partial charge in [0.05, 0.1) is 19.8 Å². The van der Waals surface area contributed by atoms with Gasteiger partial charge in [0.15, 0.2) is 0 Å². The van der Waals surface area contributed by atoms with Gasteiger partial charge in [-0.25, -0.2) is 0 Å². The lowest BCUT2D eigenvalue weighted by Crippen LogP contribution is -2.23. The van der Waals surface area contributed by atoms with Gasteiger partial charge in [-0.2, -0.15) is 0 Å². The predicted octanol–water partition coefficient (Wildman–Crippen LogP) is 7.13. The predicted molar refractivity (Wildman–Crippen MR) is 127 cm³/mol. The van der Waals surface area contributed by atoms with E-state index in [9.17, 15) is 4.79 Å². The van der Waals surface area contributed by atoms with Crippen LogP contribution >= 0.6 is 0 Å². The topological polar surface area (TPSA) is 44.8 Å². The molecule has 0 rings (SSSR count). The normalized spacial score (nSPS) is 11.4. The third-order valence-corrected chi connectivity index (χ3v) is 5.53. The summed E-state index contributed by atoms with van der Waals surface area (Å²) in [7, 11) is 0. The Bertz CT molecular complexity index is 298. The molecule has 30 heavy (non-hydrogen) atoms. The zero-order valence-electron chi connectivity index (χ0n) is 20.3. The number of hydrogen-bond acceptors (Lipinski definition) is 4. The minimum absolute atomic E-state index is 0.159. The highest BCUT2D eigenvalue weighted by Crippen LogP contribution is 2.10. The highest BCUT2D eigenvalue weighted by atomic mass is 16.5. The van der Waals surface area contributed by atoms with Gasteiger partial charge in [-0.05, 0) is 12.8 Å². The number of ether oxygens (including phenoxy) is 3. The van der Waals surface area contributed by atoms with Gasteiger partial charge in [0, 0.05) is 19.1 Å². The van der Waals surface area contributed by atoms with E-state index in [0.29, 0.717) is 19.8 Å². The summed E-state index contributed by atoms with van der Waals surface area (Å²) in [5.41, 5.74) is 0. The summed E-state index contributed by atoms with van der Waals surface area (Å²) < 4.78 is 17.1. The number of carbonyl (C=O) groups is 1. The standard InChI is InChI=1S/C26H52O4/c1-3-5-7-9-11-13-15-17-20-28-23-26(25-30-22-19-27)24-29-21-18-16-14-12-10-8-6-4-2/h19,26H,3-18,20-25H2,1-2H3. The third-order valence-electron chi connectivity index (χ3n) is 5.53. The second kappa shape index (κ2) is 26.6. The Morgan fingerprint density at radius 3 is 1.30 bits per heavy atom. The molecule has 0 aromatic rings. The van der Waals surface area contributed by atoms with Crippen LogP contribution in [0.4, 0.5) is 0 Å². The largest absolute Gasteiger partial charge is 0.381 e. The Hall–Kier alpha value is -0.450. The highest BCUT2D eigenvalue weighted by molar-refractivity contribution is 5.50. The van der Waals surface area contributed by atoms with E-state index < -0.39 is 0 Å². The van der Waals surface area contributed by atoms with Crippen LogP contribution in [0.5, 0.6) is 0 Å².